The van der Waals surface area contributed by atoms with E-state index in [4.69, 9.17) is 10.7 Å². The van der Waals surface area contributed by atoms with E-state index in [1.165, 1.54) is 22.7 Å². The molecule has 5 aromatic rings. The molecule has 2 amide bonds. The molecule has 0 saturated carbocycles. The molecule has 188 valence electrons. The molecular weight excluding hydrogens is 508 g/mol. The number of aliphatic hydroxyl groups is 1. The van der Waals surface area contributed by atoms with Gasteiger partial charge >= 0.3 is 0 Å². The summed E-state index contributed by atoms with van der Waals surface area (Å²) in [5.74, 6) is -0.495. The molecule has 0 unspecified atom stereocenters. The third kappa shape index (κ3) is 4.45. The number of β-amino-alcohol motifs (C(OH)–C–C–N with tert-alkyl or cyclic N) is 1. The van der Waals surface area contributed by atoms with E-state index in [0.717, 1.165) is 27.8 Å². The molecule has 0 bridgehead atoms. The van der Waals surface area contributed by atoms with Crippen molar-refractivity contribution in [2.24, 2.45) is 0 Å². The summed E-state index contributed by atoms with van der Waals surface area (Å²) in [6.45, 7) is 1.18. The van der Waals surface area contributed by atoms with Crippen LogP contribution in [0.5, 0.6) is 0 Å². The maximum Gasteiger partial charge on any atom is 0.273 e. The number of likely N-dealkylation sites (tertiary alicyclic amines) is 1. The number of benzene rings is 1. The Morgan fingerprint density at radius 2 is 2.11 bits per heavy atom. The van der Waals surface area contributed by atoms with Crippen LogP contribution >= 0.6 is 22.7 Å². The summed E-state index contributed by atoms with van der Waals surface area (Å²) in [5, 5.41) is 17.5. The molecule has 6 rings (SSSR count). The molecule has 0 spiro atoms. The number of thiazole rings is 1. The van der Waals surface area contributed by atoms with Crippen molar-refractivity contribution in [3.63, 3.8) is 0 Å². The van der Waals surface area contributed by atoms with E-state index in [0.29, 0.717) is 47.2 Å². The fourth-order valence-electron chi connectivity index (χ4n) is 4.71. The number of hydrogen-bond donors (Lipinski definition) is 3. The summed E-state index contributed by atoms with van der Waals surface area (Å²) < 4.78 is 2.66. The Kier molecular flexibility index (Phi) is 6.11. The number of aromatic nitrogens is 3. The van der Waals surface area contributed by atoms with E-state index in [1.807, 2.05) is 35.0 Å². The number of nitrogens with two attached hydrogens (primary N) is 1. The number of thiophene rings is 1. The number of piperidine rings is 1. The molecule has 1 aliphatic rings. The SMILES string of the molecule is Nc1nc2ccc(CNC(=O)c3cccn4c(C(=O)N5CCC[C@@H](O)C5)c(-c5ccsc5)nc34)cc2s1. The van der Waals surface area contributed by atoms with Crippen LogP contribution in [0.25, 0.3) is 27.1 Å². The van der Waals surface area contributed by atoms with E-state index >= 15 is 0 Å². The van der Waals surface area contributed by atoms with Crippen LogP contribution in [0, 0.1) is 0 Å². The van der Waals surface area contributed by atoms with Gasteiger partial charge in [0.05, 0.1) is 21.9 Å². The third-order valence-corrected chi connectivity index (χ3v) is 8.03. The number of fused-ring (bicyclic) bond motifs is 2. The zero-order valence-electron chi connectivity index (χ0n) is 19.8. The number of pyridine rings is 1. The lowest BCUT2D eigenvalue weighted by Crippen LogP contribution is -2.42. The number of carbonyl (C=O) groups excluding carboxylic acids is 2. The predicted molar refractivity (Wildman–Crippen MR) is 145 cm³/mol. The Labute approximate surface area is 220 Å². The number of imidazole rings is 1. The van der Waals surface area contributed by atoms with Gasteiger partial charge < -0.3 is 21.1 Å². The highest BCUT2D eigenvalue weighted by Gasteiger charge is 2.30. The minimum absolute atomic E-state index is 0.206. The average Bonchev–Trinajstić information content (AvgIpc) is 3.63. The van der Waals surface area contributed by atoms with E-state index in [1.54, 1.807) is 27.6 Å². The van der Waals surface area contributed by atoms with Crippen LogP contribution in [0.15, 0.2) is 53.4 Å². The van der Waals surface area contributed by atoms with Crippen LogP contribution in [0.2, 0.25) is 0 Å². The molecule has 1 atom stereocenters. The van der Waals surface area contributed by atoms with Gasteiger partial charge in [-0.3, -0.25) is 14.0 Å². The number of amides is 2. The van der Waals surface area contributed by atoms with Gasteiger partial charge in [0.1, 0.15) is 11.4 Å². The number of nitrogens with one attached hydrogen (secondary N) is 1. The first-order valence-electron chi connectivity index (χ1n) is 11.9. The topological polar surface area (TPSA) is 126 Å². The van der Waals surface area contributed by atoms with Crippen molar-refractivity contribution < 1.29 is 14.7 Å². The van der Waals surface area contributed by atoms with Crippen molar-refractivity contribution in [1.82, 2.24) is 24.6 Å². The van der Waals surface area contributed by atoms with E-state index in [-0.39, 0.29) is 18.4 Å². The summed E-state index contributed by atoms with van der Waals surface area (Å²) in [5.41, 5.74) is 10.1. The lowest BCUT2D eigenvalue weighted by Gasteiger charge is -2.30. The molecule has 1 fully saturated rings. The van der Waals surface area contributed by atoms with Gasteiger partial charge in [-0.25, -0.2) is 9.97 Å². The van der Waals surface area contributed by atoms with Gasteiger partial charge in [-0.05, 0) is 54.1 Å². The minimum atomic E-state index is -0.538. The second-order valence-electron chi connectivity index (χ2n) is 9.02. The van der Waals surface area contributed by atoms with Crippen LogP contribution in [-0.2, 0) is 6.54 Å². The summed E-state index contributed by atoms with van der Waals surface area (Å²) in [4.78, 5) is 37.7. The molecular formula is C26H24N6O3S2. The second-order valence-corrected chi connectivity index (χ2v) is 10.9. The normalized spacial score (nSPS) is 15.9. The van der Waals surface area contributed by atoms with Crippen molar-refractivity contribution in [3.8, 4) is 11.3 Å². The van der Waals surface area contributed by atoms with Crippen LogP contribution in [0.3, 0.4) is 0 Å². The lowest BCUT2D eigenvalue weighted by molar-refractivity contribution is 0.0468. The fraction of sp³-hybridized carbons (Fsp3) is 0.231. The number of anilines is 1. The molecule has 1 aliphatic heterocycles. The number of carbonyl (C=O) groups is 2. The smallest absolute Gasteiger partial charge is 0.273 e. The highest BCUT2D eigenvalue weighted by atomic mass is 32.1. The summed E-state index contributed by atoms with van der Waals surface area (Å²) in [6, 6.07) is 11.1. The van der Waals surface area contributed by atoms with Gasteiger partial charge in [0.2, 0.25) is 0 Å². The molecule has 5 heterocycles. The van der Waals surface area contributed by atoms with E-state index in [2.05, 4.69) is 10.3 Å². The molecule has 37 heavy (non-hydrogen) atoms. The zero-order valence-corrected chi connectivity index (χ0v) is 21.4. The highest BCUT2D eigenvalue weighted by Crippen LogP contribution is 2.30. The molecule has 0 radical (unpaired) electrons. The number of aliphatic hydroxyl groups excluding tert-OH is 1. The van der Waals surface area contributed by atoms with Gasteiger partial charge in [0.25, 0.3) is 11.8 Å². The van der Waals surface area contributed by atoms with Crippen LogP contribution in [0.4, 0.5) is 5.13 Å². The Bertz CT molecular complexity index is 1620. The van der Waals surface area contributed by atoms with Crippen LogP contribution < -0.4 is 11.1 Å². The maximum absolute atomic E-state index is 13.7. The average molecular weight is 533 g/mol. The molecule has 1 saturated heterocycles. The van der Waals surface area contributed by atoms with Crippen LogP contribution in [0.1, 0.15) is 39.3 Å². The third-order valence-electron chi connectivity index (χ3n) is 6.50. The first kappa shape index (κ1) is 23.6. The molecule has 4 N–H and O–H groups in total. The standard InChI is InChI=1S/C26H24N6O3S2/c27-26-29-19-6-5-15(11-20(19)37-26)12-28-24(34)18-4-2-9-32-22(25(35)31-8-1-3-17(33)13-31)21(30-23(18)32)16-7-10-36-14-16/h2,4-7,9-11,14,17,33H,1,3,8,12-13H2,(H2,27,29)(H,28,34)/t17-/m1/s1. The molecule has 11 heteroatoms. The predicted octanol–water partition coefficient (Wildman–Crippen LogP) is 3.78. The van der Waals surface area contributed by atoms with Gasteiger partial charge in [-0.1, -0.05) is 17.4 Å². The van der Waals surface area contributed by atoms with Gasteiger partial charge in [0.15, 0.2) is 10.8 Å². The van der Waals surface area contributed by atoms with Gasteiger partial charge in [-0.15, -0.1) is 0 Å². The Hall–Kier alpha value is -3.80. The Balaban J connectivity index is 1.34. The van der Waals surface area contributed by atoms with Crippen molar-refractivity contribution >= 4 is 55.5 Å². The quantitative estimate of drug-likeness (QED) is 0.316. The second kappa shape index (κ2) is 9.58. The summed E-state index contributed by atoms with van der Waals surface area (Å²) in [6.07, 6.45) is 2.64. The number of nitrogens with zero attached hydrogens (tertiary/aromatic N) is 4. The van der Waals surface area contributed by atoms with E-state index in [9.17, 15) is 14.7 Å². The molecule has 1 aromatic carbocycles. The largest absolute Gasteiger partial charge is 0.391 e. The number of hydrogen-bond acceptors (Lipinski definition) is 8. The minimum Gasteiger partial charge on any atom is -0.391 e. The van der Waals surface area contributed by atoms with Gasteiger partial charge in [-0.2, -0.15) is 11.3 Å². The maximum atomic E-state index is 13.7. The van der Waals surface area contributed by atoms with Crippen LogP contribution in [-0.4, -0.2) is 55.4 Å². The first-order chi connectivity index (χ1) is 18.0. The Morgan fingerprint density at radius 3 is 2.92 bits per heavy atom. The van der Waals surface area contributed by atoms with Crippen molar-refractivity contribution in [3.05, 3.63) is 70.2 Å². The highest BCUT2D eigenvalue weighted by molar-refractivity contribution is 7.22. The lowest BCUT2D eigenvalue weighted by atomic mass is 10.1. The number of nitrogen functional groups attached to an aromatic ring is 1. The van der Waals surface area contributed by atoms with Gasteiger partial charge in [0, 0.05) is 36.8 Å². The summed E-state index contributed by atoms with van der Waals surface area (Å²) in [7, 11) is 0. The van der Waals surface area contributed by atoms with Crippen molar-refractivity contribution in [1.29, 1.82) is 0 Å². The monoisotopic (exact) mass is 532 g/mol. The van der Waals surface area contributed by atoms with Crippen molar-refractivity contribution in [2.75, 3.05) is 18.8 Å². The molecule has 0 aliphatic carbocycles. The first-order valence-corrected chi connectivity index (χ1v) is 13.7. The number of rotatable bonds is 5. The van der Waals surface area contributed by atoms with E-state index < -0.39 is 6.10 Å². The molecule has 4 aromatic heterocycles. The zero-order chi connectivity index (χ0) is 25.5. The molecule has 9 nitrogen and oxygen atoms in total. The summed E-state index contributed by atoms with van der Waals surface area (Å²) >= 11 is 2.92. The fourth-order valence-corrected chi connectivity index (χ4v) is 6.15. The van der Waals surface area contributed by atoms with Crippen molar-refractivity contribution in [2.45, 2.75) is 25.5 Å². The Morgan fingerprint density at radius 1 is 1.22 bits per heavy atom.